The highest BCUT2D eigenvalue weighted by atomic mass is 16.6. The van der Waals surface area contributed by atoms with E-state index in [4.69, 9.17) is 9.47 Å². The molecule has 0 aliphatic rings. The fourth-order valence-corrected chi connectivity index (χ4v) is 3.16. The number of nitrogens with zero attached hydrogens (tertiary/aromatic N) is 1. The molecule has 0 aliphatic carbocycles. The van der Waals surface area contributed by atoms with Gasteiger partial charge >= 0.3 is 18.0 Å². The Balaban J connectivity index is 2.07. The van der Waals surface area contributed by atoms with Crippen molar-refractivity contribution in [2.24, 2.45) is 0 Å². The molecule has 2 rings (SSSR count). The zero-order valence-corrected chi connectivity index (χ0v) is 18.8. The van der Waals surface area contributed by atoms with Crippen molar-refractivity contribution in [2.45, 2.75) is 31.9 Å². The summed E-state index contributed by atoms with van der Waals surface area (Å²) in [5.41, 5.74) is 0.785. The Morgan fingerprint density at radius 1 is 1.03 bits per heavy atom. The summed E-state index contributed by atoms with van der Waals surface area (Å²) in [6, 6.07) is 12.2. The van der Waals surface area contributed by atoms with Crippen LogP contribution in [-0.2, 0) is 30.5 Å². The van der Waals surface area contributed by atoms with Crippen LogP contribution < -0.4 is 10.6 Å². The highest BCUT2D eigenvalue weighted by molar-refractivity contribution is 5.87. The van der Waals surface area contributed by atoms with E-state index in [0.717, 1.165) is 5.56 Å². The Morgan fingerprint density at radius 3 is 2.26 bits per heavy atom. The van der Waals surface area contributed by atoms with E-state index in [1.54, 1.807) is 37.3 Å². The quantitative estimate of drug-likeness (QED) is 0.230. The molecule has 3 N–H and O–H groups in total. The minimum atomic E-state index is -1.59. The molecule has 0 saturated carbocycles. The van der Waals surface area contributed by atoms with Gasteiger partial charge in [-0.3, -0.25) is 19.7 Å². The largest absolute Gasteiger partial charge is 0.480 e. The number of ether oxygens (including phenoxy) is 2. The normalized spacial score (nSPS) is 12.0. The van der Waals surface area contributed by atoms with Crippen LogP contribution >= 0.6 is 0 Å². The molecule has 2 amide bonds. The van der Waals surface area contributed by atoms with Crippen LogP contribution in [0.3, 0.4) is 0 Å². The number of hydrogen-bond donors (Lipinski definition) is 3. The summed E-state index contributed by atoms with van der Waals surface area (Å²) >= 11 is 0. The maximum atomic E-state index is 12.4. The average molecular weight is 487 g/mol. The Bertz CT molecular complexity index is 1040. The molecule has 0 heterocycles. The topological polar surface area (TPSA) is 174 Å². The Hall–Kier alpha value is -4.48. The molecule has 0 bridgehead atoms. The maximum Gasteiger partial charge on any atom is 0.407 e. The molecule has 2 aromatic carbocycles. The summed E-state index contributed by atoms with van der Waals surface area (Å²) in [5.74, 6) is -4.09. The smallest absolute Gasteiger partial charge is 0.407 e. The predicted molar refractivity (Wildman–Crippen MR) is 121 cm³/mol. The number of carbonyl (C=O) groups excluding carboxylic acids is 3. The van der Waals surface area contributed by atoms with Gasteiger partial charge in [0, 0.05) is 18.1 Å². The van der Waals surface area contributed by atoms with E-state index >= 15 is 0 Å². The van der Waals surface area contributed by atoms with Gasteiger partial charge in [0.25, 0.3) is 5.69 Å². The van der Waals surface area contributed by atoms with Crippen molar-refractivity contribution in [3.05, 3.63) is 75.8 Å². The summed E-state index contributed by atoms with van der Waals surface area (Å²) < 4.78 is 9.90. The second-order valence-corrected chi connectivity index (χ2v) is 7.26. The molecule has 0 aromatic heterocycles. The molecule has 0 fully saturated rings. The lowest BCUT2D eigenvalue weighted by atomic mass is 9.88. The fourth-order valence-electron chi connectivity index (χ4n) is 3.16. The second kappa shape index (κ2) is 13.3. The number of rotatable bonds is 12. The van der Waals surface area contributed by atoms with Crippen LogP contribution in [0.15, 0.2) is 54.6 Å². The van der Waals surface area contributed by atoms with Crippen LogP contribution in [0.1, 0.15) is 30.4 Å². The number of nitro benzene ring substituents is 1. The number of esters is 1. The number of nitrogens with one attached hydrogen (secondary N) is 2. The van der Waals surface area contributed by atoms with Gasteiger partial charge in [-0.1, -0.05) is 42.5 Å². The van der Waals surface area contributed by atoms with Crippen LogP contribution in [0.5, 0.6) is 0 Å². The average Bonchev–Trinajstić information content (AvgIpc) is 2.84. The van der Waals surface area contributed by atoms with Crippen LogP contribution in [0.25, 0.3) is 0 Å². The van der Waals surface area contributed by atoms with Crippen LogP contribution in [-0.4, -0.2) is 53.2 Å². The molecule has 0 saturated heterocycles. The first-order chi connectivity index (χ1) is 16.7. The van der Waals surface area contributed by atoms with Crippen LogP contribution in [0, 0.1) is 10.1 Å². The van der Waals surface area contributed by atoms with E-state index in [1.165, 1.54) is 24.3 Å². The standard InChI is InChI=1S/C23H25N3O9/c1-2-34-20(28)12-18(16-8-10-17(11-9-16)26(32)33)21(22(29)30)25-19(27)13-24-23(31)35-14-15-6-4-3-5-7-15/h3-11,18,21H,2,12-14H2,1H3,(H,24,31)(H,25,27)(H,29,30)/t18-,21+/m0/s1. The Kier molecular flexibility index (Phi) is 10.2. The van der Waals surface area contributed by atoms with Gasteiger partial charge in [-0.15, -0.1) is 0 Å². The van der Waals surface area contributed by atoms with Gasteiger partial charge in [0.2, 0.25) is 5.91 Å². The van der Waals surface area contributed by atoms with Crippen molar-refractivity contribution < 1.29 is 38.7 Å². The van der Waals surface area contributed by atoms with E-state index < -0.39 is 53.8 Å². The number of amides is 2. The fraction of sp³-hybridized carbons (Fsp3) is 0.304. The van der Waals surface area contributed by atoms with Gasteiger partial charge in [0.15, 0.2) is 0 Å². The third-order valence-corrected chi connectivity index (χ3v) is 4.81. The number of non-ortho nitro benzene ring substituents is 1. The van der Waals surface area contributed by atoms with Crippen molar-refractivity contribution in [1.29, 1.82) is 0 Å². The number of nitro groups is 1. The first-order valence-electron chi connectivity index (χ1n) is 10.6. The first-order valence-corrected chi connectivity index (χ1v) is 10.6. The van der Waals surface area contributed by atoms with E-state index in [2.05, 4.69) is 10.6 Å². The first kappa shape index (κ1) is 26.8. The SMILES string of the molecule is CCOC(=O)C[C@@H](c1ccc([N+](=O)[O-])cc1)[C@@H](NC(=O)CNC(=O)OCc1ccccc1)C(=O)O. The summed E-state index contributed by atoms with van der Waals surface area (Å²) in [5, 5.41) is 25.2. The molecule has 12 heteroatoms. The molecule has 0 spiro atoms. The van der Waals surface area contributed by atoms with E-state index in [-0.39, 0.29) is 24.5 Å². The Labute approximate surface area is 200 Å². The minimum absolute atomic E-state index is 0.0200. The third-order valence-electron chi connectivity index (χ3n) is 4.81. The lowest BCUT2D eigenvalue weighted by Crippen LogP contribution is -2.49. The Morgan fingerprint density at radius 2 is 1.69 bits per heavy atom. The molecule has 35 heavy (non-hydrogen) atoms. The second-order valence-electron chi connectivity index (χ2n) is 7.26. The molecule has 0 radical (unpaired) electrons. The van der Waals surface area contributed by atoms with Crippen LogP contribution in [0.4, 0.5) is 10.5 Å². The monoisotopic (exact) mass is 487 g/mol. The number of benzene rings is 2. The van der Waals surface area contributed by atoms with E-state index in [1.807, 2.05) is 0 Å². The molecule has 0 aliphatic heterocycles. The lowest BCUT2D eigenvalue weighted by Gasteiger charge is -2.25. The van der Waals surface area contributed by atoms with Gasteiger partial charge in [0.1, 0.15) is 19.2 Å². The molecule has 2 atom stereocenters. The van der Waals surface area contributed by atoms with Crippen molar-refractivity contribution in [3.63, 3.8) is 0 Å². The minimum Gasteiger partial charge on any atom is -0.480 e. The zero-order chi connectivity index (χ0) is 25.8. The third kappa shape index (κ3) is 8.76. The highest BCUT2D eigenvalue weighted by Gasteiger charge is 2.33. The molecule has 2 aromatic rings. The number of carboxylic acids is 1. The van der Waals surface area contributed by atoms with Gasteiger partial charge in [-0.05, 0) is 18.1 Å². The number of carboxylic acid groups (broad SMARTS) is 1. The summed E-state index contributed by atoms with van der Waals surface area (Å²) in [4.78, 5) is 58.6. The number of aliphatic carboxylic acids is 1. The van der Waals surface area contributed by atoms with Crippen LogP contribution in [0.2, 0.25) is 0 Å². The zero-order valence-electron chi connectivity index (χ0n) is 18.8. The molecular weight excluding hydrogens is 462 g/mol. The van der Waals surface area contributed by atoms with E-state index in [0.29, 0.717) is 0 Å². The number of hydrogen-bond acceptors (Lipinski definition) is 8. The molecule has 12 nitrogen and oxygen atoms in total. The lowest BCUT2D eigenvalue weighted by molar-refractivity contribution is -0.384. The summed E-state index contributed by atoms with van der Waals surface area (Å²) in [6.07, 6.45) is -1.29. The number of alkyl carbamates (subject to hydrolysis) is 1. The number of carbonyl (C=O) groups is 4. The van der Waals surface area contributed by atoms with Crippen molar-refractivity contribution in [3.8, 4) is 0 Å². The van der Waals surface area contributed by atoms with Gasteiger partial charge in [0.05, 0.1) is 18.0 Å². The highest BCUT2D eigenvalue weighted by Crippen LogP contribution is 2.27. The summed E-state index contributed by atoms with van der Waals surface area (Å²) in [7, 11) is 0. The molecular formula is C23H25N3O9. The van der Waals surface area contributed by atoms with Gasteiger partial charge in [-0.25, -0.2) is 9.59 Å². The van der Waals surface area contributed by atoms with Gasteiger partial charge < -0.3 is 25.2 Å². The van der Waals surface area contributed by atoms with Crippen molar-refractivity contribution in [2.75, 3.05) is 13.2 Å². The van der Waals surface area contributed by atoms with Gasteiger partial charge in [-0.2, -0.15) is 0 Å². The summed E-state index contributed by atoms with van der Waals surface area (Å²) in [6.45, 7) is 1.04. The van der Waals surface area contributed by atoms with Crippen molar-refractivity contribution in [1.82, 2.24) is 10.6 Å². The molecule has 186 valence electrons. The molecule has 0 unspecified atom stereocenters. The predicted octanol–water partition coefficient (Wildman–Crippen LogP) is 2.13. The maximum absolute atomic E-state index is 12.4. The van der Waals surface area contributed by atoms with Crippen molar-refractivity contribution >= 4 is 29.6 Å². The van der Waals surface area contributed by atoms with E-state index in [9.17, 15) is 34.4 Å².